The Hall–Kier alpha value is -1.99. The SMILES string of the molecule is CCc1cccc(CNCC(O)CNC(=O)c2ccc(-c3ccsc3)s2)c1. The van der Waals surface area contributed by atoms with Gasteiger partial charge < -0.3 is 15.7 Å². The maximum atomic E-state index is 12.3. The minimum Gasteiger partial charge on any atom is -0.390 e. The van der Waals surface area contributed by atoms with Gasteiger partial charge in [0.1, 0.15) is 0 Å². The number of aliphatic hydroxyl groups excluding tert-OH is 1. The molecular formula is C21H24N2O2S2. The van der Waals surface area contributed by atoms with E-state index in [4.69, 9.17) is 0 Å². The van der Waals surface area contributed by atoms with E-state index in [0.717, 1.165) is 16.9 Å². The molecule has 1 unspecified atom stereocenters. The van der Waals surface area contributed by atoms with Crippen LogP contribution < -0.4 is 10.6 Å². The first-order valence-electron chi connectivity index (χ1n) is 9.03. The van der Waals surface area contributed by atoms with Crippen LogP contribution in [0.4, 0.5) is 0 Å². The van der Waals surface area contributed by atoms with Crippen molar-refractivity contribution in [3.8, 4) is 10.4 Å². The molecule has 1 amide bonds. The van der Waals surface area contributed by atoms with Crippen LogP contribution >= 0.6 is 22.7 Å². The average Bonchev–Trinajstić information content (AvgIpc) is 3.37. The molecule has 0 fully saturated rings. The second kappa shape index (κ2) is 9.80. The predicted molar refractivity (Wildman–Crippen MR) is 113 cm³/mol. The molecule has 0 radical (unpaired) electrons. The molecule has 0 bridgehead atoms. The molecule has 0 aliphatic rings. The van der Waals surface area contributed by atoms with E-state index in [-0.39, 0.29) is 12.5 Å². The van der Waals surface area contributed by atoms with E-state index in [1.807, 2.05) is 23.6 Å². The molecule has 1 aromatic carbocycles. The van der Waals surface area contributed by atoms with Crippen molar-refractivity contribution in [3.05, 3.63) is 69.2 Å². The number of amides is 1. The van der Waals surface area contributed by atoms with Crippen LogP contribution in [0, 0.1) is 0 Å². The Balaban J connectivity index is 1.41. The maximum Gasteiger partial charge on any atom is 0.261 e. The first-order valence-corrected chi connectivity index (χ1v) is 10.8. The highest BCUT2D eigenvalue weighted by Crippen LogP contribution is 2.29. The summed E-state index contributed by atoms with van der Waals surface area (Å²) in [5.41, 5.74) is 3.64. The number of rotatable bonds is 9. The molecule has 6 heteroatoms. The molecule has 4 nitrogen and oxygen atoms in total. The molecule has 27 heavy (non-hydrogen) atoms. The van der Waals surface area contributed by atoms with Crippen molar-refractivity contribution in [2.75, 3.05) is 13.1 Å². The number of nitrogens with one attached hydrogen (secondary N) is 2. The summed E-state index contributed by atoms with van der Waals surface area (Å²) in [6, 6.07) is 14.2. The average molecular weight is 401 g/mol. The zero-order valence-electron chi connectivity index (χ0n) is 15.3. The van der Waals surface area contributed by atoms with Crippen molar-refractivity contribution >= 4 is 28.6 Å². The number of aryl methyl sites for hydroxylation is 1. The molecule has 2 aromatic heterocycles. The van der Waals surface area contributed by atoms with E-state index >= 15 is 0 Å². The summed E-state index contributed by atoms with van der Waals surface area (Å²) in [4.78, 5) is 14.0. The highest BCUT2D eigenvalue weighted by Gasteiger charge is 2.12. The number of thiophene rings is 2. The Kier molecular flexibility index (Phi) is 7.18. The van der Waals surface area contributed by atoms with E-state index in [2.05, 4.69) is 47.2 Å². The molecular weight excluding hydrogens is 376 g/mol. The Bertz CT molecular complexity index is 859. The first-order chi connectivity index (χ1) is 13.2. The van der Waals surface area contributed by atoms with Crippen molar-refractivity contribution in [1.29, 1.82) is 0 Å². The molecule has 1 atom stereocenters. The topological polar surface area (TPSA) is 61.4 Å². The van der Waals surface area contributed by atoms with Gasteiger partial charge in [-0.05, 0) is 46.5 Å². The quantitative estimate of drug-likeness (QED) is 0.510. The van der Waals surface area contributed by atoms with Gasteiger partial charge in [-0.15, -0.1) is 11.3 Å². The zero-order valence-corrected chi connectivity index (χ0v) is 16.9. The fourth-order valence-corrected chi connectivity index (χ4v) is 4.38. The summed E-state index contributed by atoms with van der Waals surface area (Å²) in [5.74, 6) is -0.142. The summed E-state index contributed by atoms with van der Waals surface area (Å²) >= 11 is 3.11. The molecule has 0 saturated heterocycles. The number of carbonyl (C=O) groups excluding carboxylic acids is 1. The van der Waals surface area contributed by atoms with Crippen LogP contribution in [-0.2, 0) is 13.0 Å². The third-order valence-electron chi connectivity index (χ3n) is 4.24. The summed E-state index contributed by atoms with van der Waals surface area (Å²) < 4.78 is 0. The lowest BCUT2D eigenvalue weighted by atomic mass is 10.1. The van der Waals surface area contributed by atoms with Gasteiger partial charge >= 0.3 is 0 Å². The second-order valence-electron chi connectivity index (χ2n) is 6.34. The molecule has 3 rings (SSSR count). The smallest absolute Gasteiger partial charge is 0.261 e. The van der Waals surface area contributed by atoms with Gasteiger partial charge in [0, 0.05) is 30.1 Å². The molecule has 0 aliphatic carbocycles. The van der Waals surface area contributed by atoms with Crippen molar-refractivity contribution in [1.82, 2.24) is 10.6 Å². The maximum absolute atomic E-state index is 12.3. The summed E-state index contributed by atoms with van der Waals surface area (Å²) in [7, 11) is 0. The van der Waals surface area contributed by atoms with Gasteiger partial charge in [0.15, 0.2) is 0 Å². The van der Waals surface area contributed by atoms with E-state index in [1.54, 1.807) is 11.3 Å². The van der Waals surface area contributed by atoms with Gasteiger partial charge in [0.05, 0.1) is 11.0 Å². The monoisotopic (exact) mass is 400 g/mol. The van der Waals surface area contributed by atoms with E-state index in [9.17, 15) is 9.90 Å². The van der Waals surface area contributed by atoms with Crippen LogP contribution in [-0.4, -0.2) is 30.2 Å². The minimum atomic E-state index is -0.625. The van der Waals surface area contributed by atoms with Gasteiger partial charge in [0.2, 0.25) is 0 Å². The number of carbonyl (C=O) groups is 1. The molecule has 2 heterocycles. The zero-order chi connectivity index (χ0) is 19.1. The number of hydrogen-bond acceptors (Lipinski definition) is 5. The molecule has 0 aliphatic heterocycles. The van der Waals surface area contributed by atoms with Crippen molar-refractivity contribution in [2.45, 2.75) is 26.0 Å². The van der Waals surface area contributed by atoms with Crippen molar-refractivity contribution < 1.29 is 9.90 Å². The predicted octanol–water partition coefficient (Wildman–Crippen LogP) is 3.92. The standard InChI is InChI=1S/C21H24N2O2S2/c1-2-15-4-3-5-16(10-15)11-22-12-18(24)13-23-21(25)20-7-6-19(27-20)17-8-9-26-14-17/h3-10,14,18,22,24H,2,11-13H2,1H3,(H,23,25). The van der Waals surface area contributed by atoms with E-state index in [1.165, 1.54) is 22.5 Å². The van der Waals surface area contributed by atoms with Gasteiger partial charge in [-0.3, -0.25) is 4.79 Å². The molecule has 142 valence electrons. The second-order valence-corrected chi connectivity index (χ2v) is 8.21. The van der Waals surface area contributed by atoms with Crippen LogP contribution in [0.3, 0.4) is 0 Å². The molecule has 0 spiro atoms. The van der Waals surface area contributed by atoms with Crippen LogP contribution in [0.5, 0.6) is 0 Å². The minimum absolute atomic E-state index is 0.142. The highest BCUT2D eigenvalue weighted by atomic mass is 32.1. The van der Waals surface area contributed by atoms with Crippen LogP contribution in [0.25, 0.3) is 10.4 Å². The van der Waals surface area contributed by atoms with E-state index < -0.39 is 6.10 Å². The van der Waals surface area contributed by atoms with Gasteiger partial charge in [0.25, 0.3) is 5.91 Å². The third kappa shape index (κ3) is 5.74. The number of benzene rings is 1. The lowest BCUT2D eigenvalue weighted by molar-refractivity contribution is 0.0919. The van der Waals surface area contributed by atoms with Gasteiger partial charge in [-0.1, -0.05) is 31.2 Å². The van der Waals surface area contributed by atoms with Crippen molar-refractivity contribution in [2.24, 2.45) is 0 Å². The fourth-order valence-electron chi connectivity index (χ4n) is 2.73. The molecule has 3 aromatic rings. The van der Waals surface area contributed by atoms with Gasteiger partial charge in [-0.25, -0.2) is 0 Å². The Morgan fingerprint density at radius 1 is 1.15 bits per heavy atom. The van der Waals surface area contributed by atoms with E-state index in [0.29, 0.717) is 18.0 Å². The number of aliphatic hydroxyl groups is 1. The lowest BCUT2D eigenvalue weighted by Gasteiger charge is -2.13. The van der Waals surface area contributed by atoms with Crippen molar-refractivity contribution in [3.63, 3.8) is 0 Å². The van der Waals surface area contributed by atoms with Crippen LogP contribution in [0.15, 0.2) is 53.2 Å². The first kappa shape index (κ1) is 19.8. The Morgan fingerprint density at radius 2 is 2.00 bits per heavy atom. The Morgan fingerprint density at radius 3 is 2.78 bits per heavy atom. The normalized spacial score (nSPS) is 12.1. The third-order valence-corrected chi connectivity index (χ3v) is 6.06. The number of hydrogen-bond donors (Lipinski definition) is 3. The van der Waals surface area contributed by atoms with Crippen LogP contribution in [0.1, 0.15) is 27.7 Å². The highest BCUT2D eigenvalue weighted by molar-refractivity contribution is 7.17. The van der Waals surface area contributed by atoms with Gasteiger partial charge in [-0.2, -0.15) is 11.3 Å². The fraction of sp³-hybridized carbons (Fsp3) is 0.286. The summed E-state index contributed by atoms with van der Waals surface area (Å²) in [5, 5.41) is 20.2. The largest absolute Gasteiger partial charge is 0.390 e. The molecule has 3 N–H and O–H groups in total. The summed E-state index contributed by atoms with van der Waals surface area (Å²) in [6.07, 6.45) is 0.388. The molecule has 0 saturated carbocycles. The summed E-state index contributed by atoms with van der Waals surface area (Å²) in [6.45, 7) is 3.50. The lowest BCUT2D eigenvalue weighted by Crippen LogP contribution is -2.37. The van der Waals surface area contributed by atoms with Crippen LogP contribution in [0.2, 0.25) is 0 Å². The Labute approximate surface area is 167 Å².